The Labute approximate surface area is 121 Å². The van der Waals surface area contributed by atoms with Crippen molar-refractivity contribution in [3.8, 4) is 0 Å². The van der Waals surface area contributed by atoms with Crippen molar-refractivity contribution >= 4 is 9.52 Å². The summed E-state index contributed by atoms with van der Waals surface area (Å²) in [5.74, 6) is 0. The second-order valence-electron chi connectivity index (χ2n) is 5.35. The van der Waals surface area contributed by atoms with Crippen molar-refractivity contribution in [3.63, 3.8) is 0 Å². The molecule has 1 fully saturated rings. The lowest BCUT2D eigenvalue weighted by molar-refractivity contribution is -0.123. The Hall–Kier alpha value is 0.0569. The first-order valence-electron chi connectivity index (χ1n) is 7.95. The van der Waals surface area contributed by atoms with Crippen LogP contribution in [0, 0.1) is 0 Å². The average Bonchev–Trinajstić information content (AvgIpc) is 2.39. The number of rotatable bonds is 10. The second kappa shape index (κ2) is 10.8. The van der Waals surface area contributed by atoms with Gasteiger partial charge in [0, 0.05) is 48.4 Å². The number of hydrogen-bond acceptors (Lipinski definition) is 4. The monoisotopic (exact) mass is 288 g/mol. The SMILES string of the molecule is CCOC(C[SiH2]CCCN1CCNC(C)C1)OCC. The molecule has 0 spiro atoms. The van der Waals surface area contributed by atoms with E-state index in [1.54, 1.807) is 0 Å². The predicted octanol–water partition coefficient (Wildman–Crippen LogP) is 1.07. The molecule has 0 aromatic rings. The zero-order valence-electron chi connectivity index (χ0n) is 13.0. The van der Waals surface area contributed by atoms with E-state index in [0.717, 1.165) is 19.8 Å². The van der Waals surface area contributed by atoms with Crippen molar-refractivity contribution in [1.29, 1.82) is 0 Å². The van der Waals surface area contributed by atoms with Crippen LogP contribution in [-0.2, 0) is 9.47 Å². The fraction of sp³-hybridized carbons (Fsp3) is 1.00. The molecule has 0 aromatic carbocycles. The Morgan fingerprint density at radius 1 is 1.32 bits per heavy atom. The number of ether oxygens (including phenoxy) is 2. The molecule has 0 amide bonds. The summed E-state index contributed by atoms with van der Waals surface area (Å²) in [7, 11) is -0.0287. The molecule has 0 radical (unpaired) electrons. The largest absolute Gasteiger partial charge is 0.353 e. The van der Waals surface area contributed by atoms with Crippen molar-refractivity contribution in [1.82, 2.24) is 10.2 Å². The quantitative estimate of drug-likeness (QED) is 0.370. The first-order chi connectivity index (χ1) is 9.26. The molecule has 1 heterocycles. The predicted molar refractivity (Wildman–Crippen MR) is 83.7 cm³/mol. The van der Waals surface area contributed by atoms with E-state index < -0.39 is 0 Å². The van der Waals surface area contributed by atoms with Crippen LogP contribution in [0.25, 0.3) is 0 Å². The Morgan fingerprint density at radius 2 is 2.05 bits per heavy atom. The maximum Gasteiger partial charge on any atom is 0.154 e. The van der Waals surface area contributed by atoms with Gasteiger partial charge in [0.15, 0.2) is 6.29 Å². The molecule has 0 bridgehead atoms. The third-order valence-electron chi connectivity index (χ3n) is 3.57. The van der Waals surface area contributed by atoms with E-state index in [4.69, 9.17) is 9.47 Å². The van der Waals surface area contributed by atoms with Crippen molar-refractivity contribution in [2.24, 2.45) is 0 Å². The molecule has 114 valence electrons. The van der Waals surface area contributed by atoms with Gasteiger partial charge in [0.05, 0.1) is 0 Å². The Kier molecular flexibility index (Phi) is 9.72. The molecule has 1 atom stereocenters. The van der Waals surface area contributed by atoms with Gasteiger partial charge in [-0.25, -0.2) is 0 Å². The summed E-state index contributed by atoms with van der Waals surface area (Å²) in [5.41, 5.74) is 0. The molecular formula is C14H32N2O2Si. The summed E-state index contributed by atoms with van der Waals surface area (Å²) in [6.45, 7) is 12.7. The lowest BCUT2D eigenvalue weighted by Gasteiger charge is -2.31. The molecule has 19 heavy (non-hydrogen) atoms. The molecule has 0 aromatic heterocycles. The molecule has 4 nitrogen and oxygen atoms in total. The number of piperazine rings is 1. The highest BCUT2D eigenvalue weighted by molar-refractivity contribution is 6.35. The topological polar surface area (TPSA) is 33.7 Å². The minimum Gasteiger partial charge on any atom is -0.353 e. The minimum absolute atomic E-state index is 0.0287. The minimum atomic E-state index is -0.0287. The molecule has 1 unspecified atom stereocenters. The van der Waals surface area contributed by atoms with Crippen LogP contribution >= 0.6 is 0 Å². The Balaban J connectivity index is 2.00. The Bertz CT molecular complexity index is 207. The molecular weight excluding hydrogens is 256 g/mol. The third kappa shape index (κ3) is 8.04. The van der Waals surface area contributed by atoms with Crippen molar-refractivity contribution < 1.29 is 9.47 Å². The van der Waals surface area contributed by atoms with Gasteiger partial charge in [-0.15, -0.1) is 0 Å². The van der Waals surface area contributed by atoms with Gasteiger partial charge in [0.1, 0.15) is 0 Å². The normalized spacial score (nSPS) is 21.8. The van der Waals surface area contributed by atoms with E-state index in [-0.39, 0.29) is 15.8 Å². The highest BCUT2D eigenvalue weighted by Crippen LogP contribution is 2.06. The molecule has 5 heteroatoms. The smallest absolute Gasteiger partial charge is 0.154 e. The van der Waals surface area contributed by atoms with Gasteiger partial charge in [0.25, 0.3) is 0 Å². The summed E-state index contributed by atoms with van der Waals surface area (Å²) in [5, 5.41) is 3.49. The molecule has 1 saturated heterocycles. The summed E-state index contributed by atoms with van der Waals surface area (Å²) in [4.78, 5) is 2.60. The van der Waals surface area contributed by atoms with E-state index in [9.17, 15) is 0 Å². The van der Waals surface area contributed by atoms with E-state index >= 15 is 0 Å². The molecule has 1 rings (SSSR count). The number of hydrogen-bond donors (Lipinski definition) is 1. The lowest BCUT2D eigenvalue weighted by Crippen LogP contribution is -2.49. The van der Waals surface area contributed by atoms with E-state index in [0.29, 0.717) is 6.04 Å². The fourth-order valence-electron chi connectivity index (χ4n) is 2.63. The van der Waals surface area contributed by atoms with Gasteiger partial charge in [-0.2, -0.15) is 0 Å². The third-order valence-corrected chi connectivity index (χ3v) is 5.45. The summed E-state index contributed by atoms with van der Waals surface area (Å²) < 4.78 is 11.2. The molecule has 1 N–H and O–H groups in total. The maximum absolute atomic E-state index is 5.59. The average molecular weight is 289 g/mol. The van der Waals surface area contributed by atoms with E-state index in [1.165, 1.54) is 38.1 Å². The Morgan fingerprint density at radius 3 is 2.68 bits per heavy atom. The van der Waals surface area contributed by atoms with Crippen LogP contribution in [0.15, 0.2) is 0 Å². The molecule has 0 saturated carbocycles. The highest BCUT2D eigenvalue weighted by atomic mass is 28.2. The van der Waals surface area contributed by atoms with Crippen LogP contribution in [0.2, 0.25) is 12.1 Å². The van der Waals surface area contributed by atoms with E-state index in [1.807, 2.05) is 13.8 Å². The molecule has 0 aliphatic carbocycles. The second-order valence-corrected chi connectivity index (χ2v) is 7.34. The molecule has 1 aliphatic heterocycles. The summed E-state index contributed by atoms with van der Waals surface area (Å²) in [6, 6.07) is 3.24. The summed E-state index contributed by atoms with van der Waals surface area (Å²) in [6.07, 6.45) is 1.42. The number of nitrogens with one attached hydrogen (secondary N) is 1. The number of nitrogens with zero attached hydrogens (tertiary/aromatic N) is 1. The van der Waals surface area contributed by atoms with Gasteiger partial charge in [-0.05, 0) is 39.8 Å². The first kappa shape index (κ1) is 17.1. The highest BCUT2D eigenvalue weighted by Gasteiger charge is 2.14. The van der Waals surface area contributed by atoms with Gasteiger partial charge in [-0.3, -0.25) is 0 Å². The van der Waals surface area contributed by atoms with Crippen LogP contribution in [0.1, 0.15) is 27.2 Å². The molecule has 1 aliphatic rings. The van der Waals surface area contributed by atoms with Crippen LogP contribution in [0.3, 0.4) is 0 Å². The van der Waals surface area contributed by atoms with Gasteiger partial charge in [-0.1, -0.05) is 6.04 Å². The van der Waals surface area contributed by atoms with Gasteiger partial charge >= 0.3 is 0 Å². The van der Waals surface area contributed by atoms with Crippen LogP contribution in [0.4, 0.5) is 0 Å². The lowest BCUT2D eigenvalue weighted by atomic mass is 10.2. The standard InChI is InChI=1S/C14H32N2O2Si/c1-4-17-14(18-5-2)12-19-10-6-8-16-9-7-15-13(3)11-16/h13-15H,4-12,19H2,1-3H3. The summed E-state index contributed by atoms with van der Waals surface area (Å²) >= 11 is 0. The zero-order valence-corrected chi connectivity index (χ0v) is 14.4. The van der Waals surface area contributed by atoms with Gasteiger partial charge < -0.3 is 19.7 Å². The van der Waals surface area contributed by atoms with E-state index in [2.05, 4.69) is 17.1 Å². The van der Waals surface area contributed by atoms with Crippen LogP contribution in [0.5, 0.6) is 0 Å². The first-order valence-corrected chi connectivity index (χ1v) is 9.95. The van der Waals surface area contributed by atoms with Crippen molar-refractivity contribution in [2.75, 3.05) is 39.4 Å². The zero-order chi connectivity index (χ0) is 13.9. The van der Waals surface area contributed by atoms with Crippen molar-refractivity contribution in [2.45, 2.75) is 51.6 Å². The fourth-order valence-corrected chi connectivity index (χ4v) is 4.16. The van der Waals surface area contributed by atoms with Gasteiger partial charge in [0.2, 0.25) is 0 Å². The van der Waals surface area contributed by atoms with Crippen LogP contribution in [-0.4, -0.2) is 66.1 Å². The van der Waals surface area contributed by atoms with Crippen molar-refractivity contribution in [3.05, 3.63) is 0 Å². The maximum atomic E-state index is 5.59. The van der Waals surface area contributed by atoms with Crippen LogP contribution < -0.4 is 5.32 Å².